The van der Waals surface area contributed by atoms with Gasteiger partial charge in [0.2, 0.25) is 5.91 Å². The number of carbonyl (C=O) groups excluding carboxylic acids is 1. The van der Waals surface area contributed by atoms with E-state index in [0.717, 1.165) is 5.56 Å². The van der Waals surface area contributed by atoms with Crippen LogP contribution in [0.25, 0.3) is 0 Å². The zero-order valence-corrected chi connectivity index (χ0v) is 9.41. The average molecular weight is 232 g/mol. The monoisotopic (exact) mass is 232 g/mol. The SMILES string of the molecule is CC(=O)NC1(c2ccc(F)cc2)C=CC=CN1. The Labute approximate surface area is 99.0 Å². The van der Waals surface area contributed by atoms with Crippen LogP contribution in [0.15, 0.2) is 48.7 Å². The summed E-state index contributed by atoms with van der Waals surface area (Å²) in [6, 6.07) is 6.02. The fourth-order valence-electron chi connectivity index (χ4n) is 1.80. The van der Waals surface area contributed by atoms with Crippen molar-refractivity contribution >= 4 is 5.91 Å². The van der Waals surface area contributed by atoms with Crippen LogP contribution in [0.2, 0.25) is 0 Å². The molecule has 1 amide bonds. The first-order valence-corrected chi connectivity index (χ1v) is 5.29. The molecular formula is C13H13FN2O. The van der Waals surface area contributed by atoms with Crippen LogP contribution in [-0.2, 0) is 10.5 Å². The van der Waals surface area contributed by atoms with Gasteiger partial charge < -0.3 is 10.6 Å². The van der Waals surface area contributed by atoms with E-state index >= 15 is 0 Å². The van der Waals surface area contributed by atoms with Gasteiger partial charge in [0.15, 0.2) is 5.66 Å². The van der Waals surface area contributed by atoms with Crippen molar-refractivity contribution in [1.29, 1.82) is 0 Å². The molecule has 88 valence electrons. The lowest BCUT2D eigenvalue weighted by atomic mass is 9.97. The Bertz CT molecular complexity index is 479. The van der Waals surface area contributed by atoms with E-state index in [4.69, 9.17) is 0 Å². The predicted octanol–water partition coefficient (Wildman–Crippen LogP) is 1.79. The number of nitrogens with one attached hydrogen (secondary N) is 2. The topological polar surface area (TPSA) is 41.1 Å². The van der Waals surface area contributed by atoms with E-state index < -0.39 is 5.66 Å². The van der Waals surface area contributed by atoms with E-state index in [1.165, 1.54) is 19.1 Å². The molecule has 1 aliphatic heterocycles. The van der Waals surface area contributed by atoms with Gasteiger partial charge in [-0.2, -0.15) is 0 Å². The highest BCUT2D eigenvalue weighted by Gasteiger charge is 2.29. The molecule has 1 heterocycles. The van der Waals surface area contributed by atoms with Gasteiger partial charge in [-0.3, -0.25) is 4.79 Å². The number of hydrogen-bond acceptors (Lipinski definition) is 2. The van der Waals surface area contributed by atoms with Crippen LogP contribution < -0.4 is 10.6 Å². The predicted molar refractivity (Wildman–Crippen MR) is 63.3 cm³/mol. The first-order chi connectivity index (χ1) is 8.12. The van der Waals surface area contributed by atoms with E-state index in [0.29, 0.717) is 0 Å². The van der Waals surface area contributed by atoms with Gasteiger partial charge in [0.05, 0.1) is 0 Å². The van der Waals surface area contributed by atoms with Crippen molar-refractivity contribution < 1.29 is 9.18 Å². The Morgan fingerprint density at radius 1 is 1.29 bits per heavy atom. The molecule has 1 unspecified atom stereocenters. The van der Waals surface area contributed by atoms with Crippen molar-refractivity contribution in [2.45, 2.75) is 12.6 Å². The lowest BCUT2D eigenvalue weighted by molar-refractivity contribution is -0.120. The molecule has 1 aromatic carbocycles. The number of carbonyl (C=O) groups is 1. The molecule has 4 heteroatoms. The van der Waals surface area contributed by atoms with E-state index in [1.807, 2.05) is 18.2 Å². The molecule has 17 heavy (non-hydrogen) atoms. The molecule has 0 radical (unpaired) electrons. The Kier molecular flexibility index (Phi) is 2.95. The highest BCUT2D eigenvalue weighted by atomic mass is 19.1. The van der Waals surface area contributed by atoms with Crippen molar-refractivity contribution in [2.24, 2.45) is 0 Å². The minimum Gasteiger partial charge on any atom is -0.362 e. The molecule has 0 saturated heterocycles. The van der Waals surface area contributed by atoms with Gasteiger partial charge >= 0.3 is 0 Å². The lowest BCUT2D eigenvalue weighted by Gasteiger charge is -2.34. The number of dihydropyridines is 1. The molecular weight excluding hydrogens is 219 g/mol. The quantitative estimate of drug-likeness (QED) is 0.816. The Morgan fingerprint density at radius 3 is 2.53 bits per heavy atom. The third-order valence-corrected chi connectivity index (χ3v) is 2.54. The number of amides is 1. The van der Waals surface area contributed by atoms with Crippen molar-refractivity contribution in [1.82, 2.24) is 10.6 Å². The molecule has 0 saturated carbocycles. The second-order valence-corrected chi connectivity index (χ2v) is 3.86. The zero-order valence-electron chi connectivity index (χ0n) is 9.41. The molecule has 1 aliphatic rings. The summed E-state index contributed by atoms with van der Waals surface area (Å²) < 4.78 is 12.9. The van der Waals surface area contributed by atoms with Gasteiger partial charge in [-0.05, 0) is 30.5 Å². The third kappa shape index (κ3) is 2.36. The minimum atomic E-state index is -0.797. The van der Waals surface area contributed by atoms with E-state index in [-0.39, 0.29) is 11.7 Å². The molecule has 1 atom stereocenters. The van der Waals surface area contributed by atoms with E-state index in [1.54, 1.807) is 18.3 Å². The van der Waals surface area contributed by atoms with Gasteiger partial charge in [0, 0.05) is 12.5 Å². The summed E-state index contributed by atoms with van der Waals surface area (Å²) in [4.78, 5) is 11.3. The summed E-state index contributed by atoms with van der Waals surface area (Å²) in [6.07, 6.45) is 7.21. The van der Waals surface area contributed by atoms with Crippen LogP contribution in [0.3, 0.4) is 0 Å². The molecule has 0 spiro atoms. The largest absolute Gasteiger partial charge is 0.362 e. The Balaban J connectivity index is 2.39. The Hall–Kier alpha value is -2.10. The maximum Gasteiger partial charge on any atom is 0.219 e. The maximum absolute atomic E-state index is 12.9. The van der Waals surface area contributed by atoms with Gasteiger partial charge in [-0.1, -0.05) is 18.2 Å². The zero-order chi connectivity index (χ0) is 12.3. The molecule has 0 bridgehead atoms. The smallest absolute Gasteiger partial charge is 0.219 e. The van der Waals surface area contributed by atoms with E-state index in [2.05, 4.69) is 10.6 Å². The summed E-state index contributed by atoms with van der Waals surface area (Å²) in [5.41, 5.74) is -0.0245. The molecule has 1 aromatic rings. The summed E-state index contributed by atoms with van der Waals surface area (Å²) in [7, 11) is 0. The highest BCUT2D eigenvalue weighted by molar-refractivity contribution is 5.74. The van der Waals surface area contributed by atoms with Crippen molar-refractivity contribution in [2.75, 3.05) is 0 Å². The maximum atomic E-state index is 12.9. The minimum absolute atomic E-state index is 0.165. The second-order valence-electron chi connectivity index (χ2n) is 3.86. The van der Waals surface area contributed by atoms with Crippen LogP contribution in [-0.4, -0.2) is 5.91 Å². The average Bonchev–Trinajstić information content (AvgIpc) is 2.30. The molecule has 0 aliphatic carbocycles. The summed E-state index contributed by atoms with van der Waals surface area (Å²) in [5, 5.41) is 5.90. The van der Waals surface area contributed by atoms with Crippen LogP contribution in [0.4, 0.5) is 4.39 Å². The van der Waals surface area contributed by atoms with Crippen molar-refractivity contribution in [3.63, 3.8) is 0 Å². The summed E-state index contributed by atoms with van der Waals surface area (Å²) in [6.45, 7) is 1.44. The number of allylic oxidation sites excluding steroid dienone is 2. The number of hydrogen-bond donors (Lipinski definition) is 2. The van der Waals surface area contributed by atoms with Crippen LogP contribution in [0.1, 0.15) is 12.5 Å². The Morgan fingerprint density at radius 2 is 2.00 bits per heavy atom. The summed E-state index contributed by atoms with van der Waals surface area (Å²) in [5.74, 6) is -0.469. The first kappa shape index (κ1) is 11.4. The van der Waals surface area contributed by atoms with Crippen molar-refractivity contribution in [3.05, 3.63) is 60.1 Å². The second kappa shape index (κ2) is 4.41. The van der Waals surface area contributed by atoms with Gasteiger partial charge in [0.1, 0.15) is 5.82 Å². The van der Waals surface area contributed by atoms with Crippen molar-refractivity contribution in [3.8, 4) is 0 Å². The third-order valence-electron chi connectivity index (χ3n) is 2.54. The number of benzene rings is 1. The molecule has 2 rings (SSSR count). The molecule has 0 aromatic heterocycles. The molecule has 2 N–H and O–H groups in total. The standard InChI is InChI=1S/C13H13FN2O/c1-10(17)16-13(8-2-3-9-15-13)11-4-6-12(14)7-5-11/h2-9,15H,1H3,(H,16,17). The number of halogens is 1. The first-order valence-electron chi connectivity index (χ1n) is 5.29. The number of rotatable bonds is 2. The van der Waals surface area contributed by atoms with Crippen LogP contribution >= 0.6 is 0 Å². The fourth-order valence-corrected chi connectivity index (χ4v) is 1.80. The normalized spacial score (nSPS) is 22.0. The van der Waals surface area contributed by atoms with Crippen LogP contribution in [0.5, 0.6) is 0 Å². The van der Waals surface area contributed by atoms with E-state index in [9.17, 15) is 9.18 Å². The lowest BCUT2D eigenvalue weighted by Crippen LogP contribution is -2.53. The molecule has 0 fully saturated rings. The van der Waals surface area contributed by atoms with Gasteiger partial charge in [0.25, 0.3) is 0 Å². The highest BCUT2D eigenvalue weighted by Crippen LogP contribution is 2.22. The molecule has 3 nitrogen and oxygen atoms in total. The van der Waals surface area contributed by atoms with Gasteiger partial charge in [-0.25, -0.2) is 4.39 Å². The van der Waals surface area contributed by atoms with Gasteiger partial charge in [-0.15, -0.1) is 0 Å². The fraction of sp³-hybridized carbons (Fsp3) is 0.154. The van der Waals surface area contributed by atoms with Crippen LogP contribution in [0, 0.1) is 5.82 Å². The summed E-state index contributed by atoms with van der Waals surface area (Å²) >= 11 is 0.